The maximum Gasteiger partial charge on any atom is 0.253 e. The van der Waals surface area contributed by atoms with Crippen LogP contribution < -0.4 is 5.43 Å². The molecule has 1 aliphatic carbocycles. The number of imide groups is 1. The first kappa shape index (κ1) is 20.9. The van der Waals surface area contributed by atoms with Crippen LogP contribution in [0.1, 0.15) is 28.5 Å². The molecule has 0 radical (unpaired) electrons. The second kappa shape index (κ2) is 8.87. The largest absolute Gasteiger partial charge is 0.273 e. The van der Waals surface area contributed by atoms with Gasteiger partial charge in [0.1, 0.15) is 0 Å². The van der Waals surface area contributed by atoms with Crippen molar-refractivity contribution in [3.8, 4) is 0 Å². The van der Waals surface area contributed by atoms with E-state index in [4.69, 9.17) is 0 Å². The third-order valence-electron chi connectivity index (χ3n) is 6.51. The fraction of sp³-hybridized carbons (Fsp3) is 0.179. The molecule has 5 heteroatoms. The van der Waals surface area contributed by atoms with Gasteiger partial charge in [-0.15, -0.1) is 0 Å². The van der Waals surface area contributed by atoms with Crippen LogP contribution in [0.3, 0.4) is 0 Å². The van der Waals surface area contributed by atoms with Crippen molar-refractivity contribution in [3.05, 3.63) is 120 Å². The summed E-state index contributed by atoms with van der Waals surface area (Å²) in [6, 6.07) is 28.7. The zero-order chi connectivity index (χ0) is 22.8. The number of benzene rings is 3. The lowest BCUT2D eigenvalue weighted by atomic mass is 9.68. The van der Waals surface area contributed by atoms with Gasteiger partial charge >= 0.3 is 0 Å². The summed E-state index contributed by atoms with van der Waals surface area (Å²) in [7, 11) is 0. The van der Waals surface area contributed by atoms with Crippen LogP contribution in [0.4, 0.5) is 0 Å². The first-order valence-corrected chi connectivity index (χ1v) is 11.1. The second-order valence-corrected chi connectivity index (χ2v) is 8.52. The first-order chi connectivity index (χ1) is 16.1. The summed E-state index contributed by atoms with van der Waals surface area (Å²) in [5.41, 5.74) is 5.37. The number of hydrazine groups is 1. The van der Waals surface area contributed by atoms with Crippen LogP contribution in [-0.4, -0.2) is 22.7 Å². The Morgan fingerprint density at radius 1 is 0.667 bits per heavy atom. The molecule has 164 valence electrons. The van der Waals surface area contributed by atoms with Crippen molar-refractivity contribution in [2.45, 2.75) is 18.3 Å². The zero-order valence-electron chi connectivity index (χ0n) is 18.0. The highest BCUT2D eigenvalue weighted by atomic mass is 16.2. The van der Waals surface area contributed by atoms with Gasteiger partial charge in [0.2, 0.25) is 5.91 Å². The minimum Gasteiger partial charge on any atom is -0.273 e. The number of hydrogen-bond donors (Lipinski definition) is 1. The number of nitrogens with one attached hydrogen (secondary N) is 1. The number of rotatable bonds is 5. The molecule has 5 nitrogen and oxygen atoms in total. The van der Waals surface area contributed by atoms with Crippen LogP contribution in [0.25, 0.3) is 0 Å². The van der Waals surface area contributed by atoms with Gasteiger partial charge in [0.25, 0.3) is 11.8 Å². The van der Waals surface area contributed by atoms with E-state index in [-0.39, 0.29) is 36.0 Å². The highest BCUT2D eigenvalue weighted by Gasteiger charge is 2.55. The van der Waals surface area contributed by atoms with Crippen LogP contribution in [-0.2, 0) is 20.8 Å². The van der Waals surface area contributed by atoms with Gasteiger partial charge in [0.05, 0.1) is 18.3 Å². The van der Waals surface area contributed by atoms with E-state index in [0.29, 0.717) is 0 Å². The molecule has 3 aromatic rings. The predicted molar refractivity (Wildman–Crippen MR) is 125 cm³/mol. The third-order valence-corrected chi connectivity index (χ3v) is 6.51. The maximum atomic E-state index is 13.6. The number of amides is 3. The standard InChI is InChI=1S/C28H24N2O3/c31-24(18-19-10-4-1-5-11-19)29-30-27(32)25-22(20-12-6-2-7-13-20)16-17-23(26(25)28(30)33)21-14-8-3-9-15-21/h1-17,22-23,25-26H,18H2,(H,29,31). The lowest BCUT2D eigenvalue weighted by Crippen LogP contribution is -2.47. The number of nitrogens with zero attached hydrogens (tertiary/aromatic N) is 1. The molecule has 0 aromatic heterocycles. The average molecular weight is 437 g/mol. The smallest absolute Gasteiger partial charge is 0.253 e. The number of allylic oxidation sites excluding steroid dienone is 2. The molecule has 3 aromatic carbocycles. The molecule has 33 heavy (non-hydrogen) atoms. The SMILES string of the molecule is O=C(Cc1ccccc1)NN1C(=O)C2C(c3ccccc3)C=CC(c3ccccc3)C2C1=O. The second-order valence-electron chi connectivity index (χ2n) is 8.52. The number of hydrogen-bond acceptors (Lipinski definition) is 3. The number of carbonyl (C=O) groups excluding carboxylic acids is 3. The third kappa shape index (κ3) is 3.98. The Morgan fingerprint density at radius 2 is 1.09 bits per heavy atom. The summed E-state index contributed by atoms with van der Waals surface area (Å²) in [4.78, 5) is 39.8. The van der Waals surface area contributed by atoms with E-state index >= 15 is 0 Å². The van der Waals surface area contributed by atoms with E-state index in [1.165, 1.54) is 0 Å². The highest BCUT2D eigenvalue weighted by Crippen LogP contribution is 2.48. The highest BCUT2D eigenvalue weighted by molar-refractivity contribution is 6.07. The van der Waals surface area contributed by atoms with E-state index in [1.807, 2.05) is 103 Å². The summed E-state index contributed by atoms with van der Waals surface area (Å²) < 4.78 is 0. The van der Waals surface area contributed by atoms with Gasteiger partial charge in [-0.1, -0.05) is 103 Å². The quantitative estimate of drug-likeness (QED) is 0.486. The minimum atomic E-state index is -0.577. The van der Waals surface area contributed by atoms with E-state index in [9.17, 15) is 14.4 Å². The van der Waals surface area contributed by atoms with Gasteiger partial charge in [-0.2, -0.15) is 5.01 Å². The Bertz CT molecular complexity index is 1120. The van der Waals surface area contributed by atoms with Crippen LogP contribution in [0.15, 0.2) is 103 Å². The van der Waals surface area contributed by atoms with Crippen molar-refractivity contribution in [2.24, 2.45) is 11.8 Å². The molecular formula is C28H24N2O3. The van der Waals surface area contributed by atoms with Crippen LogP contribution in [0.5, 0.6) is 0 Å². The van der Waals surface area contributed by atoms with Gasteiger partial charge in [-0.05, 0) is 16.7 Å². The molecule has 4 atom stereocenters. The van der Waals surface area contributed by atoms with Gasteiger partial charge in [-0.25, -0.2) is 0 Å². The Kier molecular flexibility index (Phi) is 5.61. The van der Waals surface area contributed by atoms with Crippen molar-refractivity contribution in [3.63, 3.8) is 0 Å². The van der Waals surface area contributed by atoms with E-state index in [1.54, 1.807) is 0 Å². The Morgan fingerprint density at radius 3 is 1.55 bits per heavy atom. The molecule has 2 aliphatic rings. The first-order valence-electron chi connectivity index (χ1n) is 11.1. The number of fused-ring (bicyclic) bond motifs is 1. The van der Waals surface area contributed by atoms with E-state index < -0.39 is 11.8 Å². The molecule has 1 fully saturated rings. The molecule has 1 saturated heterocycles. The van der Waals surface area contributed by atoms with Gasteiger partial charge in [0.15, 0.2) is 0 Å². The van der Waals surface area contributed by atoms with Crippen molar-refractivity contribution in [2.75, 3.05) is 0 Å². The van der Waals surface area contributed by atoms with E-state index in [0.717, 1.165) is 21.7 Å². The van der Waals surface area contributed by atoms with Crippen molar-refractivity contribution in [1.29, 1.82) is 0 Å². The minimum absolute atomic E-state index is 0.0930. The lowest BCUT2D eigenvalue weighted by Gasteiger charge is -2.32. The molecule has 0 bridgehead atoms. The predicted octanol–water partition coefficient (Wildman–Crippen LogP) is 4.00. The summed E-state index contributed by atoms with van der Waals surface area (Å²) in [5, 5.41) is 0.958. The fourth-order valence-corrected chi connectivity index (χ4v) is 4.99. The summed E-state index contributed by atoms with van der Waals surface area (Å²) in [6.45, 7) is 0. The topological polar surface area (TPSA) is 66.5 Å². The summed E-state index contributed by atoms with van der Waals surface area (Å²) >= 11 is 0. The van der Waals surface area contributed by atoms with Crippen LogP contribution in [0, 0.1) is 11.8 Å². The van der Waals surface area contributed by atoms with Crippen LogP contribution in [0.2, 0.25) is 0 Å². The normalized spacial score (nSPS) is 23.9. The lowest BCUT2D eigenvalue weighted by molar-refractivity contribution is -0.149. The average Bonchev–Trinajstić information content (AvgIpc) is 3.10. The van der Waals surface area contributed by atoms with Crippen molar-refractivity contribution >= 4 is 17.7 Å². The Balaban J connectivity index is 1.47. The molecule has 4 unspecified atom stereocenters. The van der Waals surface area contributed by atoms with Crippen LogP contribution >= 0.6 is 0 Å². The van der Waals surface area contributed by atoms with E-state index in [2.05, 4.69) is 5.43 Å². The molecule has 1 N–H and O–H groups in total. The molecule has 1 heterocycles. The van der Waals surface area contributed by atoms with Crippen molar-refractivity contribution in [1.82, 2.24) is 10.4 Å². The molecule has 1 aliphatic heterocycles. The Hall–Kier alpha value is -3.99. The summed E-state index contributed by atoms with van der Waals surface area (Å²) in [5.74, 6) is -2.72. The maximum absolute atomic E-state index is 13.6. The molecular weight excluding hydrogens is 412 g/mol. The van der Waals surface area contributed by atoms with Gasteiger partial charge < -0.3 is 0 Å². The number of carbonyl (C=O) groups is 3. The molecule has 0 spiro atoms. The summed E-state index contributed by atoms with van der Waals surface area (Å²) in [6.07, 6.45) is 4.17. The van der Waals surface area contributed by atoms with Gasteiger partial charge in [-0.3, -0.25) is 19.8 Å². The van der Waals surface area contributed by atoms with Crippen molar-refractivity contribution < 1.29 is 14.4 Å². The monoisotopic (exact) mass is 436 g/mol. The molecule has 0 saturated carbocycles. The fourth-order valence-electron chi connectivity index (χ4n) is 4.99. The molecule has 5 rings (SSSR count). The zero-order valence-corrected chi connectivity index (χ0v) is 18.0. The Labute approximate surface area is 192 Å². The van der Waals surface area contributed by atoms with Gasteiger partial charge in [0, 0.05) is 11.8 Å². The molecule has 3 amide bonds.